The monoisotopic (exact) mass is 420 g/mol. The van der Waals surface area contributed by atoms with E-state index < -0.39 is 49.2 Å². The lowest BCUT2D eigenvalue weighted by Gasteiger charge is -2.20. The van der Waals surface area contributed by atoms with E-state index >= 15 is 0 Å². The number of benzene rings is 2. The predicted octanol–water partition coefficient (Wildman–Crippen LogP) is 2.52. The Bertz CT molecular complexity index is 972. The van der Waals surface area contributed by atoms with Gasteiger partial charge >= 0.3 is 5.25 Å². The molecule has 0 fully saturated rings. The van der Waals surface area contributed by atoms with Crippen molar-refractivity contribution in [3.05, 3.63) is 60.2 Å². The Morgan fingerprint density at radius 1 is 0.963 bits per heavy atom. The molecule has 0 unspecified atom stereocenters. The van der Waals surface area contributed by atoms with Crippen LogP contribution in [0, 0.1) is 6.92 Å². The fourth-order valence-corrected chi connectivity index (χ4v) is 4.37. The number of sulfone groups is 1. The predicted molar refractivity (Wildman–Crippen MR) is 93.5 cm³/mol. The fourth-order valence-electron chi connectivity index (χ4n) is 2.16. The van der Waals surface area contributed by atoms with Crippen molar-refractivity contribution in [3.8, 4) is 0 Å². The molecule has 27 heavy (non-hydrogen) atoms. The highest BCUT2D eigenvalue weighted by Crippen LogP contribution is 2.33. The number of rotatable bonds is 8. The number of alkyl halides is 2. The van der Waals surface area contributed by atoms with Gasteiger partial charge in [-0.1, -0.05) is 35.9 Å². The molecule has 0 aliphatic carbocycles. The molecule has 2 aromatic rings. The third-order valence-corrected chi connectivity index (χ3v) is 6.79. The summed E-state index contributed by atoms with van der Waals surface area (Å²) in [5.74, 6) is 0. The summed E-state index contributed by atoms with van der Waals surface area (Å²) in [6.45, 7) is 0.742. The second-order valence-electron chi connectivity index (χ2n) is 5.86. The maximum atomic E-state index is 14.2. The number of aryl methyl sites for hydroxylation is 1. The topological polar surface area (TPSA) is 97.7 Å². The normalized spacial score (nSPS) is 14.1. The van der Waals surface area contributed by atoms with E-state index in [-0.39, 0.29) is 4.90 Å². The maximum absolute atomic E-state index is 14.2. The van der Waals surface area contributed by atoms with Gasteiger partial charge < -0.3 is 5.11 Å². The van der Waals surface area contributed by atoms with Gasteiger partial charge in [-0.3, -0.25) is 4.18 Å². The minimum atomic E-state index is -5.04. The molecule has 0 aliphatic heterocycles. The van der Waals surface area contributed by atoms with E-state index in [1.807, 2.05) is 0 Å². The molecule has 1 N–H and O–H groups in total. The first kappa shape index (κ1) is 21.4. The molecule has 0 saturated heterocycles. The summed E-state index contributed by atoms with van der Waals surface area (Å²) >= 11 is 0. The SMILES string of the molecule is Cc1ccc(S(=O)(=O)OC[C@H](O)CC(F)(F)S(=O)(=O)c2ccccc2)cc1. The number of hydrogen-bond acceptors (Lipinski definition) is 6. The molecule has 0 aliphatic rings. The van der Waals surface area contributed by atoms with Crippen molar-refractivity contribution in [2.24, 2.45) is 0 Å². The van der Waals surface area contributed by atoms with E-state index in [0.29, 0.717) is 0 Å². The first-order chi connectivity index (χ1) is 12.5. The van der Waals surface area contributed by atoms with Crippen molar-refractivity contribution in [1.82, 2.24) is 0 Å². The molecule has 0 bridgehead atoms. The van der Waals surface area contributed by atoms with Crippen LogP contribution in [0.25, 0.3) is 0 Å². The second kappa shape index (κ2) is 8.01. The van der Waals surface area contributed by atoms with Crippen LogP contribution >= 0.6 is 0 Å². The Morgan fingerprint density at radius 2 is 1.52 bits per heavy atom. The van der Waals surface area contributed by atoms with E-state index in [1.54, 1.807) is 6.92 Å². The molecule has 0 spiro atoms. The van der Waals surface area contributed by atoms with Gasteiger partial charge in [0.15, 0.2) is 0 Å². The molecular formula is C17H18F2O6S2. The lowest BCUT2D eigenvalue weighted by molar-refractivity contribution is 0.00801. The Hall–Kier alpha value is -1.88. The standard InChI is InChI=1S/C17H18F2O6S2/c1-13-7-9-16(10-8-13)27(23,24)25-12-14(20)11-17(18,19)26(21,22)15-5-3-2-4-6-15/h2-10,14,20H,11-12H2,1H3/t14-/m1/s1. The molecule has 1 atom stereocenters. The third kappa shape index (κ3) is 5.10. The molecule has 0 radical (unpaired) electrons. The lowest BCUT2D eigenvalue weighted by atomic mass is 10.2. The molecule has 10 heteroatoms. The maximum Gasteiger partial charge on any atom is 0.352 e. The van der Waals surface area contributed by atoms with E-state index in [2.05, 4.69) is 4.18 Å². The highest BCUT2D eigenvalue weighted by molar-refractivity contribution is 7.92. The number of hydrogen-bond donors (Lipinski definition) is 1. The van der Waals surface area contributed by atoms with Gasteiger partial charge in [0.1, 0.15) is 0 Å². The van der Waals surface area contributed by atoms with Crippen molar-refractivity contribution >= 4 is 20.0 Å². The van der Waals surface area contributed by atoms with E-state index in [4.69, 9.17) is 0 Å². The third-order valence-electron chi connectivity index (χ3n) is 3.65. The quantitative estimate of drug-likeness (QED) is 0.659. The average Bonchev–Trinajstić information content (AvgIpc) is 2.61. The zero-order valence-electron chi connectivity index (χ0n) is 14.2. The largest absolute Gasteiger partial charge is 0.390 e. The van der Waals surface area contributed by atoms with Gasteiger partial charge in [-0.05, 0) is 31.2 Å². The first-order valence-electron chi connectivity index (χ1n) is 7.77. The van der Waals surface area contributed by atoms with Crippen LogP contribution in [0.15, 0.2) is 64.4 Å². The van der Waals surface area contributed by atoms with Gasteiger partial charge in [0.2, 0.25) is 9.84 Å². The summed E-state index contributed by atoms with van der Waals surface area (Å²) in [6, 6.07) is 11.6. The Labute approximate surface area is 156 Å². The molecule has 0 saturated carbocycles. The van der Waals surface area contributed by atoms with Gasteiger partial charge in [-0.15, -0.1) is 0 Å². The summed E-state index contributed by atoms with van der Waals surface area (Å²) in [6.07, 6.45) is -3.52. The van der Waals surface area contributed by atoms with Crippen LogP contribution in [0.4, 0.5) is 8.78 Å². The fraction of sp³-hybridized carbons (Fsp3) is 0.294. The van der Waals surface area contributed by atoms with E-state index in [9.17, 15) is 30.7 Å². The minimum Gasteiger partial charge on any atom is -0.390 e. The van der Waals surface area contributed by atoms with E-state index in [0.717, 1.165) is 17.7 Å². The lowest BCUT2D eigenvalue weighted by Crippen LogP contribution is -2.35. The Balaban J connectivity index is 2.06. The van der Waals surface area contributed by atoms with Crippen LogP contribution in [0.5, 0.6) is 0 Å². The summed E-state index contributed by atoms with van der Waals surface area (Å²) in [4.78, 5) is -0.806. The van der Waals surface area contributed by atoms with Crippen molar-refractivity contribution in [1.29, 1.82) is 0 Å². The average molecular weight is 420 g/mol. The highest BCUT2D eigenvalue weighted by atomic mass is 32.2. The van der Waals surface area contributed by atoms with Crippen LogP contribution < -0.4 is 0 Å². The zero-order valence-corrected chi connectivity index (χ0v) is 15.9. The second-order valence-corrected chi connectivity index (χ2v) is 9.55. The minimum absolute atomic E-state index is 0.205. The van der Waals surface area contributed by atoms with Gasteiger partial charge in [-0.25, -0.2) is 8.42 Å². The molecular weight excluding hydrogens is 402 g/mol. The Kier molecular flexibility index (Phi) is 6.35. The van der Waals surface area contributed by atoms with Crippen molar-refractivity contribution in [2.45, 2.75) is 34.5 Å². The van der Waals surface area contributed by atoms with Crippen LogP contribution in [0.3, 0.4) is 0 Å². The molecule has 0 amide bonds. The Morgan fingerprint density at radius 3 is 2.07 bits per heavy atom. The van der Waals surface area contributed by atoms with Gasteiger partial charge in [-0.2, -0.15) is 17.2 Å². The summed E-state index contributed by atoms with van der Waals surface area (Å²) in [5, 5.41) is 5.41. The van der Waals surface area contributed by atoms with Gasteiger partial charge in [0.25, 0.3) is 10.1 Å². The van der Waals surface area contributed by atoms with Gasteiger partial charge in [0, 0.05) is 0 Å². The van der Waals surface area contributed by atoms with Crippen molar-refractivity contribution in [2.75, 3.05) is 6.61 Å². The highest BCUT2D eigenvalue weighted by Gasteiger charge is 2.47. The van der Waals surface area contributed by atoms with Crippen LogP contribution in [-0.2, 0) is 24.1 Å². The molecule has 148 valence electrons. The molecule has 0 heterocycles. The van der Waals surface area contributed by atoms with Gasteiger partial charge in [0.05, 0.1) is 28.9 Å². The van der Waals surface area contributed by atoms with E-state index in [1.165, 1.54) is 42.5 Å². The zero-order chi connectivity index (χ0) is 20.3. The van der Waals surface area contributed by atoms with Crippen LogP contribution in [-0.4, -0.2) is 39.9 Å². The molecule has 6 nitrogen and oxygen atoms in total. The van der Waals surface area contributed by atoms with Crippen molar-refractivity contribution < 1.29 is 34.9 Å². The molecule has 2 rings (SSSR count). The van der Waals surface area contributed by atoms with Crippen LogP contribution in [0.1, 0.15) is 12.0 Å². The summed E-state index contributed by atoms with van der Waals surface area (Å²) in [5.41, 5.74) is 0.805. The smallest absolute Gasteiger partial charge is 0.352 e. The summed E-state index contributed by atoms with van der Waals surface area (Å²) in [7, 11) is -9.31. The molecule has 2 aromatic carbocycles. The number of aliphatic hydroxyl groups is 1. The van der Waals surface area contributed by atoms with Crippen molar-refractivity contribution in [3.63, 3.8) is 0 Å². The molecule has 0 aromatic heterocycles. The first-order valence-corrected chi connectivity index (χ1v) is 10.7. The number of halogens is 2. The summed E-state index contributed by atoms with van der Waals surface area (Å²) < 4.78 is 81.0. The number of aliphatic hydroxyl groups excluding tert-OH is 1. The van der Waals surface area contributed by atoms with Crippen LogP contribution in [0.2, 0.25) is 0 Å².